The van der Waals surface area contributed by atoms with Crippen molar-refractivity contribution in [2.75, 3.05) is 0 Å². The van der Waals surface area contributed by atoms with Crippen molar-refractivity contribution < 1.29 is 0 Å². The van der Waals surface area contributed by atoms with E-state index in [2.05, 4.69) is 91.9 Å². The molecule has 0 atom stereocenters. The van der Waals surface area contributed by atoms with E-state index in [4.69, 9.17) is 0 Å². The number of benzene rings is 3. The lowest BCUT2D eigenvalue weighted by molar-refractivity contribution is 1.19. The molecule has 0 amide bonds. The standard InChI is InChI=1S/C22H19P/c1-17-16-18-10-8-9-15-21(18)22(17)23(19-11-4-2-5-12-19)20-13-6-3-7-14-20/h2-15H,16H2,1H3. The molecule has 0 aliphatic heterocycles. The highest BCUT2D eigenvalue weighted by atomic mass is 31.1. The van der Waals surface area contributed by atoms with E-state index in [0.29, 0.717) is 0 Å². The Kier molecular flexibility index (Phi) is 3.85. The van der Waals surface area contributed by atoms with Crippen molar-refractivity contribution in [3.63, 3.8) is 0 Å². The van der Waals surface area contributed by atoms with E-state index in [1.807, 2.05) is 0 Å². The molecule has 0 N–H and O–H groups in total. The number of fused-ring (bicyclic) bond motifs is 1. The molecule has 23 heavy (non-hydrogen) atoms. The van der Waals surface area contributed by atoms with Gasteiger partial charge in [0.1, 0.15) is 0 Å². The molecule has 0 unspecified atom stereocenters. The first kappa shape index (κ1) is 14.4. The van der Waals surface area contributed by atoms with Gasteiger partial charge in [0.25, 0.3) is 0 Å². The molecule has 112 valence electrons. The van der Waals surface area contributed by atoms with Gasteiger partial charge in [-0.05, 0) is 48.3 Å². The highest BCUT2D eigenvalue weighted by molar-refractivity contribution is 7.82. The summed E-state index contributed by atoms with van der Waals surface area (Å²) in [6.45, 7) is 2.30. The molecule has 1 aliphatic rings. The molecule has 0 fully saturated rings. The van der Waals surface area contributed by atoms with E-state index in [1.54, 1.807) is 5.31 Å². The zero-order valence-electron chi connectivity index (χ0n) is 13.2. The van der Waals surface area contributed by atoms with E-state index >= 15 is 0 Å². The smallest absolute Gasteiger partial charge is 0.00539 e. The summed E-state index contributed by atoms with van der Waals surface area (Å²) in [5.74, 6) is 0. The van der Waals surface area contributed by atoms with Crippen LogP contribution in [0.5, 0.6) is 0 Å². The molecular weight excluding hydrogens is 295 g/mol. The third kappa shape index (κ3) is 2.64. The van der Waals surface area contributed by atoms with Crippen LogP contribution in [0.1, 0.15) is 18.1 Å². The summed E-state index contributed by atoms with van der Waals surface area (Å²) in [6, 6.07) is 30.8. The second-order valence-electron chi connectivity index (χ2n) is 5.97. The summed E-state index contributed by atoms with van der Waals surface area (Å²) in [5, 5.41) is 4.41. The van der Waals surface area contributed by atoms with Gasteiger partial charge < -0.3 is 0 Å². The predicted octanol–water partition coefficient (Wildman–Crippen LogP) is 5.11. The Bertz CT molecular complexity index is 808. The fourth-order valence-electron chi connectivity index (χ4n) is 3.38. The maximum Gasteiger partial charge on any atom is -0.00539 e. The van der Waals surface area contributed by atoms with Crippen LogP contribution >= 0.6 is 7.92 Å². The summed E-state index contributed by atoms with van der Waals surface area (Å²) in [7, 11) is -0.498. The zero-order valence-corrected chi connectivity index (χ0v) is 14.1. The van der Waals surface area contributed by atoms with Crippen molar-refractivity contribution in [2.24, 2.45) is 0 Å². The van der Waals surface area contributed by atoms with Crippen LogP contribution in [0.25, 0.3) is 5.31 Å². The first-order chi connectivity index (χ1) is 11.3. The Morgan fingerprint density at radius 3 is 1.78 bits per heavy atom. The number of hydrogen-bond donors (Lipinski definition) is 0. The monoisotopic (exact) mass is 314 g/mol. The molecule has 0 bridgehead atoms. The average Bonchev–Trinajstić information content (AvgIpc) is 2.94. The Hall–Kier alpha value is -2.17. The average molecular weight is 314 g/mol. The van der Waals surface area contributed by atoms with Gasteiger partial charge in [-0.25, -0.2) is 0 Å². The second-order valence-corrected chi connectivity index (χ2v) is 8.12. The Balaban J connectivity index is 1.92. The van der Waals surface area contributed by atoms with Gasteiger partial charge in [0.05, 0.1) is 0 Å². The van der Waals surface area contributed by atoms with Crippen molar-refractivity contribution in [3.05, 3.63) is 102 Å². The lowest BCUT2D eigenvalue weighted by Crippen LogP contribution is -2.12. The highest BCUT2D eigenvalue weighted by Gasteiger charge is 2.27. The van der Waals surface area contributed by atoms with Gasteiger partial charge >= 0.3 is 0 Å². The molecular formula is C22H19P. The molecule has 0 nitrogen and oxygen atoms in total. The van der Waals surface area contributed by atoms with Crippen LogP contribution in [-0.4, -0.2) is 0 Å². The van der Waals surface area contributed by atoms with Gasteiger partial charge in [-0.1, -0.05) is 90.5 Å². The molecule has 3 aromatic rings. The maximum atomic E-state index is 2.30. The van der Waals surface area contributed by atoms with Crippen molar-refractivity contribution >= 4 is 23.8 Å². The topological polar surface area (TPSA) is 0 Å². The predicted molar refractivity (Wildman–Crippen MR) is 102 cm³/mol. The van der Waals surface area contributed by atoms with Crippen LogP contribution in [-0.2, 0) is 6.42 Å². The van der Waals surface area contributed by atoms with Gasteiger partial charge in [-0.2, -0.15) is 0 Å². The van der Waals surface area contributed by atoms with E-state index in [0.717, 1.165) is 6.42 Å². The number of rotatable bonds is 3. The van der Waals surface area contributed by atoms with E-state index in [9.17, 15) is 0 Å². The van der Waals surface area contributed by atoms with Crippen molar-refractivity contribution in [2.45, 2.75) is 13.3 Å². The van der Waals surface area contributed by atoms with Crippen LogP contribution in [0.2, 0.25) is 0 Å². The Morgan fingerprint density at radius 2 is 1.17 bits per heavy atom. The van der Waals surface area contributed by atoms with Gasteiger partial charge in [0.15, 0.2) is 0 Å². The highest BCUT2D eigenvalue weighted by Crippen LogP contribution is 2.54. The first-order valence-corrected chi connectivity index (χ1v) is 9.37. The Labute approximate surface area is 139 Å². The third-order valence-electron chi connectivity index (χ3n) is 4.38. The van der Waals surface area contributed by atoms with Crippen molar-refractivity contribution in [1.82, 2.24) is 0 Å². The minimum absolute atomic E-state index is 0.498. The van der Waals surface area contributed by atoms with Crippen LogP contribution < -0.4 is 10.6 Å². The fourth-order valence-corrected chi connectivity index (χ4v) is 6.05. The maximum absolute atomic E-state index is 2.30. The molecule has 0 aromatic heterocycles. The van der Waals surface area contributed by atoms with Gasteiger partial charge in [0.2, 0.25) is 0 Å². The number of allylic oxidation sites excluding steroid dienone is 1. The first-order valence-electron chi connectivity index (χ1n) is 8.03. The molecule has 0 saturated heterocycles. The van der Waals surface area contributed by atoms with Gasteiger partial charge in [-0.15, -0.1) is 0 Å². The normalized spacial score (nSPS) is 13.5. The lowest BCUT2D eigenvalue weighted by atomic mass is 10.1. The molecule has 1 heteroatoms. The molecule has 3 aromatic carbocycles. The fraction of sp³-hybridized carbons (Fsp3) is 0.0909. The summed E-state index contributed by atoms with van der Waals surface area (Å²) in [4.78, 5) is 0. The van der Waals surface area contributed by atoms with Crippen LogP contribution in [0.4, 0.5) is 0 Å². The minimum atomic E-state index is -0.498. The third-order valence-corrected chi connectivity index (χ3v) is 7.08. The SMILES string of the molecule is CC1=C(P(c2ccccc2)c2ccccc2)c2ccccc2C1. The van der Waals surface area contributed by atoms with Crippen molar-refractivity contribution in [1.29, 1.82) is 0 Å². The molecule has 0 saturated carbocycles. The molecule has 0 heterocycles. The van der Waals surface area contributed by atoms with Crippen LogP contribution in [0.15, 0.2) is 90.5 Å². The minimum Gasteiger partial charge on any atom is -0.0622 e. The van der Waals surface area contributed by atoms with E-state index < -0.39 is 7.92 Å². The molecule has 4 rings (SSSR count). The quantitative estimate of drug-likeness (QED) is 0.590. The zero-order chi connectivity index (χ0) is 15.6. The largest absolute Gasteiger partial charge is 0.0622 e. The van der Waals surface area contributed by atoms with Gasteiger partial charge in [-0.3, -0.25) is 0 Å². The van der Waals surface area contributed by atoms with Crippen LogP contribution in [0.3, 0.4) is 0 Å². The molecule has 0 radical (unpaired) electrons. The summed E-state index contributed by atoms with van der Waals surface area (Å²) in [5.41, 5.74) is 4.44. The summed E-state index contributed by atoms with van der Waals surface area (Å²) >= 11 is 0. The van der Waals surface area contributed by atoms with E-state index in [-0.39, 0.29) is 0 Å². The molecule has 0 spiro atoms. The summed E-state index contributed by atoms with van der Waals surface area (Å²) in [6.07, 6.45) is 1.09. The summed E-state index contributed by atoms with van der Waals surface area (Å²) < 4.78 is 0. The molecule has 1 aliphatic carbocycles. The van der Waals surface area contributed by atoms with Gasteiger partial charge in [0, 0.05) is 0 Å². The van der Waals surface area contributed by atoms with Crippen molar-refractivity contribution in [3.8, 4) is 0 Å². The lowest BCUT2D eigenvalue weighted by Gasteiger charge is -2.22. The Morgan fingerprint density at radius 1 is 0.652 bits per heavy atom. The van der Waals surface area contributed by atoms with Crippen LogP contribution in [0, 0.1) is 0 Å². The second kappa shape index (κ2) is 6.14. The number of hydrogen-bond acceptors (Lipinski definition) is 0. The van der Waals surface area contributed by atoms with E-state index in [1.165, 1.54) is 27.3 Å².